The van der Waals surface area contributed by atoms with Gasteiger partial charge in [-0.1, -0.05) is 22.0 Å². The first kappa shape index (κ1) is 17.5. The van der Waals surface area contributed by atoms with Crippen molar-refractivity contribution in [1.82, 2.24) is 4.90 Å². The fourth-order valence-corrected chi connectivity index (χ4v) is 4.18. The molecule has 130 valence electrons. The first-order valence-electron chi connectivity index (χ1n) is 8.48. The van der Waals surface area contributed by atoms with Crippen LogP contribution in [0.5, 0.6) is 0 Å². The minimum atomic E-state index is -0.444. The molecule has 0 saturated carbocycles. The number of carbonyl (C=O) groups excluding carboxylic acids is 1. The summed E-state index contributed by atoms with van der Waals surface area (Å²) in [4.78, 5) is 18.7. The molecule has 1 spiro atoms. The molecule has 2 aliphatic rings. The molecule has 0 unspecified atom stereocenters. The van der Waals surface area contributed by atoms with Crippen LogP contribution in [0.25, 0.3) is 0 Å². The highest BCUT2D eigenvalue weighted by Gasteiger charge is 2.45. The van der Waals surface area contributed by atoms with Crippen LogP contribution in [-0.4, -0.2) is 42.4 Å². The Morgan fingerprint density at radius 3 is 2.54 bits per heavy atom. The molecular weight excluding hydrogens is 368 g/mol. The molecule has 1 heterocycles. The summed E-state index contributed by atoms with van der Waals surface area (Å²) in [5.74, 6) is 0. The monoisotopic (exact) mass is 392 g/mol. The molecule has 5 heteroatoms. The van der Waals surface area contributed by atoms with Gasteiger partial charge in [-0.15, -0.1) is 0 Å². The normalized spacial score (nSPS) is 21.2. The van der Waals surface area contributed by atoms with Gasteiger partial charge in [0, 0.05) is 41.3 Å². The van der Waals surface area contributed by atoms with E-state index in [4.69, 9.17) is 4.74 Å². The van der Waals surface area contributed by atoms with E-state index in [1.54, 1.807) is 0 Å². The third kappa shape index (κ3) is 3.23. The molecule has 1 aromatic carbocycles. The molecule has 4 nitrogen and oxygen atoms in total. The highest BCUT2D eigenvalue weighted by atomic mass is 79.9. The number of hydrogen-bond donors (Lipinski definition) is 0. The second kappa shape index (κ2) is 6.17. The van der Waals surface area contributed by atoms with E-state index in [1.807, 2.05) is 32.7 Å². The van der Waals surface area contributed by atoms with E-state index in [0.717, 1.165) is 36.8 Å². The Hall–Kier alpha value is -1.36. The molecular formula is C19H25BrN2O2. The molecule has 24 heavy (non-hydrogen) atoms. The zero-order chi connectivity index (χ0) is 17.5. The Kier molecular flexibility index (Phi) is 4.49. The maximum Gasteiger partial charge on any atom is 0.410 e. The Balaban J connectivity index is 1.78. The van der Waals surface area contributed by atoms with E-state index in [0.29, 0.717) is 0 Å². The predicted octanol–water partition coefficient (Wildman–Crippen LogP) is 4.54. The minimum Gasteiger partial charge on any atom is -0.444 e. The summed E-state index contributed by atoms with van der Waals surface area (Å²) in [7, 11) is 1.87. The van der Waals surface area contributed by atoms with Crippen LogP contribution in [0.3, 0.4) is 0 Å². The lowest BCUT2D eigenvalue weighted by atomic mass is 9.74. The Morgan fingerprint density at radius 2 is 1.96 bits per heavy atom. The van der Waals surface area contributed by atoms with Crippen LogP contribution in [0.4, 0.5) is 4.79 Å². The largest absolute Gasteiger partial charge is 0.444 e. The number of hydrogen-bond acceptors (Lipinski definition) is 3. The van der Waals surface area contributed by atoms with Crippen molar-refractivity contribution in [3.63, 3.8) is 0 Å². The number of carbonyl (C=O) groups is 1. The van der Waals surface area contributed by atoms with Crippen molar-refractivity contribution in [3.8, 4) is 0 Å². The summed E-state index contributed by atoms with van der Waals surface area (Å²) in [6.07, 6.45) is 2.69. The van der Waals surface area contributed by atoms with E-state index in [-0.39, 0.29) is 11.5 Å². The molecule has 1 amide bonds. The van der Waals surface area contributed by atoms with Crippen LogP contribution < -0.4 is 0 Å². The zero-order valence-corrected chi connectivity index (χ0v) is 16.4. The molecule has 0 aromatic heterocycles. The lowest BCUT2D eigenvalue weighted by molar-refractivity contribution is 0.0168. The third-order valence-electron chi connectivity index (χ3n) is 5.01. The van der Waals surface area contributed by atoms with Crippen molar-refractivity contribution >= 4 is 27.7 Å². The van der Waals surface area contributed by atoms with Gasteiger partial charge in [-0.3, -0.25) is 4.99 Å². The SMILES string of the molecule is CN=C1CC2(CCN(C(=O)OC(C)(C)C)CC2)c2ccc(Br)cc21. The maximum atomic E-state index is 12.3. The maximum absolute atomic E-state index is 12.3. The van der Waals surface area contributed by atoms with Gasteiger partial charge < -0.3 is 9.64 Å². The van der Waals surface area contributed by atoms with Crippen LogP contribution >= 0.6 is 15.9 Å². The standard InChI is InChI=1S/C19H25BrN2O2/c1-18(2,3)24-17(23)22-9-7-19(8-10-22)12-16(21-4)14-11-13(20)5-6-15(14)19/h5-6,11H,7-10,12H2,1-4H3. The fraction of sp³-hybridized carbons (Fsp3) is 0.579. The summed E-state index contributed by atoms with van der Waals surface area (Å²) in [6.45, 7) is 7.20. The van der Waals surface area contributed by atoms with Gasteiger partial charge in [0.05, 0.1) is 0 Å². The molecule has 0 radical (unpaired) electrons. The van der Waals surface area contributed by atoms with Gasteiger partial charge in [0.1, 0.15) is 5.60 Å². The Labute approximate surface area is 152 Å². The molecule has 1 aliphatic heterocycles. The van der Waals surface area contributed by atoms with Crippen molar-refractivity contribution in [2.45, 2.75) is 51.0 Å². The van der Waals surface area contributed by atoms with Crippen LogP contribution in [-0.2, 0) is 10.2 Å². The number of benzene rings is 1. The lowest BCUT2D eigenvalue weighted by Gasteiger charge is -2.40. The predicted molar refractivity (Wildman–Crippen MR) is 99.9 cm³/mol. The van der Waals surface area contributed by atoms with Crippen molar-refractivity contribution in [2.75, 3.05) is 20.1 Å². The van der Waals surface area contributed by atoms with Gasteiger partial charge in [-0.2, -0.15) is 0 Å². The van der Waals surface area contributed by atoms with Crippen molar-refractivity contribution in [3.05, 3.63) is 33.8 Å². The zero-order valence-electron chi connectivity index (χ0n) is 14.9. The molecule has 0 N–H and O–H groups in total. The highest BCUT2D eigenvalue weighted by Crippen LogP contribution is 2.47. The van der Waals surface area contributed by atoms with E-state index in [9.17, 15) is 4.79 Å². The van der Waals surface area contributed by atoms with Gasteiger partial charge in [0.15, 0.2) is 0 Å². The first-order valence-corrected chi connectivity index (χ1v) is 9.27. The van der Waals surface area contributed by atoms with E-state index >= 15 is 0 Å². The average Bonchev–Trinajstić information content (AvgIpc) is 2.79. The van der Waals surface area contributed by atoms with Gasteiger partial charge >= 0.3 is 6.09 Å². The summed E-state index contributed by atoms with van der Waals surface area (Å²) in [5.41, 5.74) is 3.49. The smallest absolute Gasteiger partial charge is 0.410 e. The molecule has 3 rings (SSSR count). The number of ether oxygens (including phenoxy) is 1. The number of likely N-dealkylation sites (tertiary alicyclic amines) is 1. The number of rotatable bonds is 0. The topological polar surface area (TPSA) is 41.9 Å². The Morgan fingerprint density at radius 1 is 1.29 bits per heavy atom. The summed E-state index contributed by atoms with van der Waals surface area (Å²) >= 11 is 3.57. The number of piperidine rings is 1. The van der Waals surface area contributed by atoms with Crippen molar-refractivity contribution in [2.24, 2.45) is 4.99 Å². The lowest BCUT2D eigenvalue weighted by Crippen LogP contribution is -2.46. The quantitative estimate of drug-likeness (QED) is 0.650. The molecule has 1 aromatic rings. The van der Waals surface area contributed by atoms with Crippen LogP contribution in [0.2, 0.25) is 0 Å². The van der Waals surface area contributed by atoms with Crippen LogP contribution in [0, 0.1) is 0 Å². The van der Waals surface area contributed by atoms with E-state index < -0.39 is 5.60 Å². The molecule has 0 bridgehead atoms. The molecule has 0 atom stereocenters. The summed E-state index contributed by atoms with van der Waals surface area (Å²) in [5, 5.41) is 0. The second-order valence-corrected chi connectivity index (χ2v) is 8.70. The van der Waals surface area contributed by atoms with Crippen LogP contribution in [0.15, 0.2) is 27.7 Å². The third-order valence-corrected chi connectivity index (χ3v) is 5.51. The van der Waals surface area contributed by atoms with Crippen LogP contribution in [0.1, 0.15) is 51.2 Å². The average molecular weight is 393 g/mol. The summed E-state index contributed by atoms with van der Waals surface area (Å²) < 4.78 is 6.60. The fourth-order valence-electron chi connectivity index (χ4n) is 3.82. The van der Waals surface area contributed by atoms with Crippen molar-refractivity contribution < 1.29 is 9.53 Å². The highest BCUT2D eigenvalue weighted by molar-refractivity contribution is 9.10. The van der Waals surface area contributed by atoms with E-state index in [2.05, 4.69) is 39.1 Å². The van der Waals surface area contributed by atoms with Gasteiger partial charge in [-0.05, 0) is 57.7 Å². The van der Waals surface area contributed by atoms with Gasteiger partial charge in [0.2, 0.25) is 0 Å². The van der Waals surface area contributed by atoms with Crippen molar-refractivity contribution in [1.29, 1.82) is 0 Å². The molecule has 1 fully saturated rings. The molecule has 1 saturated heterocycles. The minimum absolute atomic E-state index is 0.114. The van der Waals surface area contributed by atoms with Gasteiger partial charge in [-0.25, -0.2) is 4.79 Å². The number of amides is 1. The van der Waals surface area contributed by atoms with E-state index in [1.165, 1.54) is 16.8 Å². The first-order chi connectivity index (χ1) is 11.2. The number of aliphatic imine (C=N–C) groups is 1. The number of nitrogens with zero attached hydrogens (tertiary/aromatic N) is 2. The number of halogens is 1. The molecule has 1 aliphatic carbocycles. The van der Waals surface area contributed by atoms with Gasteiger partial charge in [0.25, 0.3) is 0 Å². The second-order valence-electron chi connectivity index (χ2n) is 7.78. The number of fused-ring (bicyclic) bond motifs is 2. The summed E-state index contributed by atoms with van der Waals surface area (Å²) in [6, 6.07) is 6.51. The Bertz CT molecular complexity index is 683.